The first-order valence-electron chi connectivity index (χ1n) is 14.3. The van der Waals surface area contributed by atoms with Gasteiger partial charge in [-0.05, 0) is 74.0 Å². The number of rotatable bonds is 12. The minimum absolute atomic E-state index is 0.00380. The summed E-state index contributed by atoms with van der Waals surface area (Å²) in [6, 6.07) is 18.3. The summed E-state index contributed by atoms with van der Waals surface area (Å²) in [5, 5.41) is 22.0. The highest BCUT2D eigenvalue weighted by Crippen LogP contribution is 2.47. The van der Waals surface area contributed by atoms with Crippen LogP contribution in [0.3, 0.4) is 0 Å². The van der Waals surface area contributed by atoms with Crippen molar-refractivity contribution in [2.75, 3.05) is 6.61 Å². The predicted molar refractivity (Wildman–Crippen MR) is 158 cm³/mol. The lowest BCUT2D eigenvalue weighted by atomic mass is 9.61. The normalized spacial score (nSPS) is 15.6. The van der Waals surface area contributed by atoms with Crippen molar-refractivity contribution < 1.29 is 24.2 Å². The van der Waals surface area contributed by atoms with Crippen molar-refractivity contribution in [1.29, 1.82) is 0 Å². The fraction of sp³-hybridized carbons (Fsp3) is 0.559. The molecular formula is C34H48O5. The molecule has 0 saturated carbocycles. The van der Waals surface area contributed by atoms with E-state index in [0.717, 1.165) is 47.1 Å². The number of ether oxygens (including phenoxy) is 1. The number of hydrogen-bond donors (Lipinski definition) is 2. The van der Waals surface area contributed by atoms with Crippen LogP contribution in [0.5, 0.6) is 0 Å². The van der Waals surface area contributed by atoms with Gasteiger partial charge in [-0.15, -0.1) is 0 Å². The molecule has 0 aliphatic rings. The number of benzene rings is 2. The van der Waals surface area contributed by atoms with Gasteiger partial charge in [-0.25, -0.2) is 0 Å². The van der Waals surface area contributed by atoms with Crippen LogP contribution in [0.1, 0.15) is 86.1 Å². The second kappa shape index (κ2) is 12.7. The van der Waals surface area contributed by atoms with Gasteiger partial charge in [0.05, 0.1) is 24.2 Å². The third kappa shape index (κ3) is 8.43. The summed E-state index contributed by atoms with van der Waals surface area (Å²) in [6.07, 6.45) is 2.02. The van der Waals surface area contributed by atoms with E-state index >= 15 is 0 Å². The third-order valence-corrected chi connectivity index (χ3v) is 7.92. The summed E-state index contributed by atoms with van der Waals surface area (Å²) in [5.74, 6) is 0.661. The van der Waals surface area contributed by atoms with Crippen LogP contribution in [0, 0.1) is 16.2 Å². The number of aliphatic hydroxyl groups excluding tert-OH is 2. The van der Waals surface area contributed by atoms with E-state index in [2.05, 4.69) is 65.8 Å². The van der Waals surface area contributed by atoms with Crippen LogP contribution in [-0.4, -0.2) is 35.0 Å². The molecule has 5 heteroatoms. The van der Waals surface area contributed by atoms with Crippen molar-refractivity contribution in [2.45, 2.75) is 99.2 Å². The van der Waals surface area contributed by atoms with Gasteiger partial charge in [0.1, 0.15) is 11.3 Å². The molecule has 3 unspecified atom stereocenters. The average molecular weight is 537 g/mol. The molecule has 39 heavy (non-hydrogen) atoms. The van der Waals surface area contributed by atoms with Crippen LogP contribution in [-0.2, 0) is 16.0 Å². The Morgan fingerprint density at radius 1 is 0.872 bits per heavy atom. The minimum Gasteiger partial charge on any atom is -0.465 e. The fourth-order valence-corrected chi connectivity index (χ4v) is 5.20. The molecule has 214 valence electrons. The van der Waals surface area contributed by atoms with E-state index in [1.807, 2.05) is 37.3 Å². The number of carbonyl (C=O) groups excluding carboxylic acids is 1. The summed E-state index contributed by atoms with van der Waals surface area (Å²) in [7, 11) is 0. The summed E-state index contributed by atoms with van der Waals surface area (Å²) in [5.41, 5.74) is 2.20. The number of hydrogen-bond acceptors (Lipinski definition) is 5. The van der Waals surface area contributed by atoms with E-state index in [4.69, 9.17) is 9.15 Å². The van der Waals surface area contributed by atoms with Gasteiger partial charge < -0.3 is 19.4 Å². The summed E-state index contributed by atoms with van der Waals surface area (Å²) < 4.78 is 11.7. The lowest BCUT2D eigenvalue weighted by Gasteiger charge is -2.43. The number of furan rings is 1. The van der Waals surface area contributed by atoms with Crippen molar-refractivity contribution in [1.82, 2.24) is 0 Å². The van der Waals surface area contributed by atoms with Gasteiger partial charge in [0, 0.05) is 10.9 Å². The molecule has 0 aliphatic heterocycles. The van der Waals surface area contributed by atoms with Crippen molar-refractivity contribution in [3.05, 3.63) is 60.2 Å². The van der Waals surface area contributed by atoms with Crippen molar-refractivity contribution >= 4 is 16.9 Å². The Morgan fingerprint density at radius 3 is 2.13 bits per heavy atom. The van der Waals surface area contributed by atoms with E-state index in [0.29, 0.717) is 19.3 Å². The van der Waals surface area contributed by atoms with Crippen LogP contribution in [0.25, 0.3) is 22.3 Å². The highest BCUT2D eigenvalue weighted by Gasteiger charge is 2.47. The zero-order chi connectivity index (χ0) is 28.8. The molecular weight excluding hydrogens is 488 g/mol. The standard InChI is InChI=1S/C34H48O5/c1-32(2,3)23-34(7,33(4,5)6)31(37)38-20-12-17-28(36)27(35)16-11-13-24-18-19-26-22-30(39-29(26)21-24)25-14-9-8-10-15-25/h8-10,14-15,18-19,21-22,27-28,35-36H,11-13,16-17,20,23H2,1-7H3. The largest absolute Gasteiger partial charge is 0.465 e. The number of aliphatic hydroxyl groups is 2. The molecule has 2 N–H and O–H groups in total. The maximum absolute atomic E-state index is 13.1. The molecule has 0 spiro atoms. The van der Waals surface area contributed by atoms with Gasteiger partial charge >= 0.3 is 5.97 Å². The van der Waals surface area contributed by atoms with E-state index in [-0.39, 0.29) is 23.4 Å². The molecule has 0 amide bonds. The SMILES string of the molecule is CC(C)(C)CC(C)(C(=O)OCCCC(O)C(O)CCCc1ccc2cc(-c3ccccc3)oc2c1)C(C)(C)C. The average Bonchev–Trinajstić information content (AvgIpc) is 3.28. The molecule has 0 saturated heterocycles. The lowest BCUT2D eigenvalue weighted by molar-refractivity contribution is -0.165. The summed E-state index contributed by atoms with van der Waals surface area (Å²) >= 11 is 0. The van der Waals surface area contributed by atoms with Crippen LogP contribution in [0.4, 0.5) is 0 Å². The summed E-state index contributed by atoms with van der Waals surface area (Å²) in [6.45, 7) is 14.9. The maximum Gasteiger partial charge on any atom is 0.312 e. The van der Waals surface area contributed by atoms with Crippen LogP contribution >= 0.6 is 0 Å². The molecule has 0 bridgehead atoms. The Bertz CT molecular complexity index is 1200. The minimum atomic E-state index is -0.840. The molecule has 1 aromatic heterocycles. The Morgan fingerprint density at radius 2 is 1.51 bits per heavy atom. The van der Waals surface area contributed by atoms with Crippen molar-refractivity contribution in [3.8, 4) is 11.3 Å². The fourth-order valence-electron chi connectivity index (χ4n) is 5.20. The quantitative estimate of drug-likeness (QED) is 0.181. The van der Waals surface area contributed by atoms with Crippen molar-refractivity contribution in [2.24, 2.45) is 16.2 Å². The number of aryl methyl sites for hydroxylation is 1. The van der Waals surface area contributed by atoms with Gasteiger partial charge in [0.2, 0.25) is 0 Å². The topological polar surface area (TPSA) is 79.9 Å². The molecule has 0 radical (unpaired) electrons. The van der Waals surface area contributed by atoms with E-state index in [9.17, 15) is 15.0 Å². The monoisotopic (exact) mass is 536 g/mol. The second-order valence-electron chi connectivity index (χ2n) is 13.5. The summed E-state index contributed by atoms with van der Waals surface area (Å²) in [4.78, 5) is 13.1. The Kier molecular flexibility index (Phi) is 10.1. The van der Waals surface area contributed by atoms with Crippen LogP contribution in [0.2, 0.25) is 0 Å². The third-order valence-electron chi connectivity index (χ3n) is 7.92. The molecule has 5 nitrogen and oxygen atoms in total. The first-order chi connectivity index (χ1) is 18.2. The van der Waals surface area contributed by atoms with E-state index in [1.54, 1.807) is 0 Å². The number of fused-ring (bicyclic) bond motifs is 1. The maximum atomic E-state index is 13.1. The number of carbonyl (C=O) groups is 1. The Hall–Kier alpha value is -2.63. The zero-order valence-electron chi connectivity index (χ0n) is 24.9. The first-order valence-corrected chi connectivity index (χ1v) is 14.3. The van der Waals surface area contributed by atoms with Gasteiger partial charge in [-0.1, -0.05) is 84.0 Å². The molecule has 3 atom stereocenters. The smallest absolute Gasteiger partial charge is 0.312 e. The molecule has 3 rings (SSSR count). The molecule has 1 heterocycles. The molecule has 0 aliphatic carbocycles. The lowest BCUT2D eigenvalue weighted by Crippen LogP contribution is -2.44. The first kappa shape index (κ1) is 30.9. The second-order valence-corrected chi connectivity index (χ2v) is 13.5. The van der Waals surface area contributed by atoms with Crippen molar-refractivity contribution in [3.63, 3.8) is 0 Å². The van der Waals surface area contributed by atoms with Gasteiger partial charge in [-0.2, -0.15) is 0 Å². The highest BCUT2D eigenvalue weighted by molar-refractivity contribution is 5.83. The van der Waals surface area contributed by atoms with Gasteiger partial charge in [0.15, 0.2) is 0 Å². The number of esters is 1. The molecule has 2 aromatic carbocycles. The molecule has 0 fully saturated rings. The highest BCUT2D eigenvalue weighted by atomic mass is 16.5. The van der Waals surface area contributed by atoms with E-state index in [1.165, 1.54) is 0 Å². The zero-order valence-corrected chi connectivity index (χ0v) is 24.9. The van der Waals surface area contributed by atoms with Crippen LogP contribution < -0.4 is 0 Å². The van der Waals surface area contributed by atoms with E-state index < -0.39 is 17.6 Å². The van der Waals surface area contributed by atoms with Crippen LogP contribution in [0.15, 0.2) is 59.0 Å². The van der Waals surface area contributed by atoms with Gasteiger partial charge in [0.25, 0.3) is 0 Å². The Balaban J connectivity index is 1.42. The van der Waals surface area contributed by atoms with Gasteiger partial charge in [-0.3, -0.25) is 4.79 Å². The Labute approximate surface area is 234 Å². The predicted octanol–water partition coefficient (Wildman–Crippen LogP) is 7.96. The molecule has 3 aromatic rings.